The molecule has 12 heteroatoms. The number of benzene rings is 2. The van der Waals surface area contributed by atoms with Crippen LogP contribution in [0.2, 0.25) is 0 Å². The average Bonchev–Trinajstić information content (AvgIpc) is 2.92. The van der Waals surface area contributed by atoms with Gasteiger partial charge in [0, 0.05) is 56.7 Å². The first kappa shape index (κ1) is 26.8. The van der Waals surface area contributed by atoms with Crippen molar-refractivity contribution >= 4 is 33.8 Å². The third-order valence-corrected chi connectivity index (χ3v) is 8.86. The molecule has 0 radical (unpaired) electrons. The summed E-state index contributed by atoms with van der Waals surface area (Å²) >= 11 is 0. The first-order chi connectivity index (χ1) is 17.8. The van der Waals surface area contributed by atoms with Crippen molar-refractivity contribution in [3.8, 4) is 0 Å². The van der Waals surface area contributed by atoms with Gasteiger partial charge in [-0.1, -0.05) is 18.2 Å². The Bertz CT molecular complexity index is 1160. The minimum atomic E-state index is -3.86. The Hall–Kier alpha value is -3.22. The molecule has 2 aliphatic rings. The predicted molar refractivity (Wildman–Crippen MR) is 139 cm³/mol. The Morgan fingerprint density at radius 2 is 1.76 bits per heavy atom. The van der Waals surface area contributed by atoms with Gasteiger partial charge in [-0.05, 0) is 55.2 Å². The maximum absolute atomic E-state index is 13.3. The molecule has 2 unspecified atom stereocenters. The Kier molecular flexibility index (Phi) is 8.62. The Balaban J connectivity index is 1.39. The number of sulfonamides is 1. The van der Waals surface area contributed by atoms with E-state index in [4.69, 9.17) is 0 Å². The highest BCUT2D eigenvalue weighted by atomic mass is 32.2. The van der Waals surface area contributed by atoms with Crippen LogP contribution in [0.25, 0.3) is 0 Å². The highest BCUT2D eigenvalue weighted by molar-refractivity contribution is 7.89. The third-order valence-electron chi connectivity index (χ3n) is 6.95. The summed E-state index contributed by atoms with van der Waals surface area (Å²) in [5.41, 5.74) is 1.44. The summed E-state index contributed by atoms with van der Waals surface area (Å²) in [6.07, 6.45) is 1.22. The van der Waals surface area contributed by atoms with Crippen LogP contribution in [0.15, 0.2) is 54.6 Å². The number of anilines is 2. The van der Waals surface area contributed by atoms with Crippen molar-refractivity contribution in [3.05, 3.63) is 65.6 Å². The molecule has 2 saturated heterocycles. The van der Waals surface area contributed by atoms with Crippen LogP contribution in [-0.2, 0) is 14.8 Å². The van der Waals surface area contributed by atoms with Gasteiger partial charge >= 0.3 is 6.03 Å². The van der Waals surface area contributed by atoms with Crippen LogP contribution < -0.4 is 10.2 Å². The molecule has 1 N–H and O–H groups in total. The molecule has 2 aromatic carbocycles. The van der Waals surface area contributed by atoms with E-state index in [1.165, 1.54) is 16.4 Å². The van der Waals surface area contributed by atoms with Crippen LogP contribution in [0.1, 0.15) is 12.8 Å². The van der Waals surface area contributed by atoms with Gasteiger partial charge in [0.15, 0.2) is 6.41 Å². The fourth-order valence-corrected chi connectivity index (χ4v) is 6.71. The van der Waals surface area contributed by atoms with Crippen LogP contribution in [-0.4, -0.2) is 86.2 Å². The monoisotopic (exact) mass is 532 g/mol. The zero-order chi connectivity index (χ0) is 26.4. The van der Waals surface area contributed by atoms with Gasteiger partial charge in [-0.3, -0.25) is 4.79 Å². The standard InChI is InChI=1S/C25H31FN5O5S/c26-21-8-10-23(11-9-21)28-13-15-30(16-14-28)37(35,36)18-24(31(34)19-32)20-5-4-12-29(17-20)25(33)27-22-6-2-1-3-7-22/h1-3,6-11,19-20,24H,4-5,12-18H2,(H,27,33)/q-1. The number of amides is 3. The van der Waals surface area contributed by atoms with Crippen molar-refractivity contribution in [1.29, 1.82) is 0 Å². The maximum atomic E-state index is 13.3. The van der Waals surface area contributed by atoms with Gasteiger partial charge in [0.2, 0.25) is 10.0 Å². The number of nitrogens with one attached hydrogen (secondary N) is 1. The summed E-state index contributed by atoms with van der Waals surface area (Å²) in [6.45, 7) is 1.90. The molecule has 200 valence electrons. The van der Waals surface area contributed by atoms with E-state index in [0.717, 1.165) is 5.69 Å². The quantitative estimate of drug-likeness (QED) is 0.413. The molecular weight excluding hydrogens is 501 g/mol. The molecule has 0 spiro atoms. The van der Waals surface area contributed by atoms with E-state index >= 15 is 0 Å². The zero-order valence-electron chi connectivity index (χ0n) is 20.4. The summed E-state index contributed by atoms with van der Waals surface area (Å²) in [4.78, 5) is 27.7. The zero-order valence-corrected chi connectivity index (χ0v) is 21.2. The van der Waals surface area contributed by atoms with Gasteiger partial charge in [-0.15, -0.1) is 0 Å². The number of carbonyl (C=O) groups is 2. The van der Waals surface area contributed by atoms with Gasteiger partial charge in [-0.2, -0.15) is 4.31 Å². The third kappa shape index (κ3) is 6.76. The molecule has 10 nitrogen and oxygen atoms in total. The first-order valence-electron chi connectivity index (χ1n) is 12.3. The van der Waals surface area contributed by atoms with E-state index < -0.39 is 27.7 Å². The van der Waals surface area contributed by atoms with E-state index in [2.05, 4.69) is 5.32 Å². The Morgan fingerprint density at radius 3 is 2.41 bits per heavy atom. The number of likely N-dealkylation sites (tertiary alicyclic amines) is 1. The van der Waals surface area contributed by atoms with Crippen LogP contribution >= 0.6 is 0 Å². The number of carbonyl (C=O) groups excluding carboxylic acids is 2. The second-order valence-electron chi connectivity index (χ2n) is 9.32. The van der Waals surface area contributed by atoms with Gasteiger partial charge < -0.3 is 25.4 Å². The molecule has 0 bridgehead atoms. The molecular formula is C25H31FN5O5S-. The van der Waals surface area contributed by atoms with Crippen LogP contribution in [0.3, 0.4) is 0 Å². The second-order valence-corrected chi connectivity index (χ2v) is 11.3. The summed E-state index contributed by atoms with van der Waals surface area (Å²) in [5, 5.41) is 15.5. The van der Waals surface area contributed by atoms with Gasteiger partial charge in [0.05, 0.1) is 5.75 Å². The van der Waals surface area contributed by atoms with E-state index in [-0.39, 0.29) is 43.0 Å². The fourth-order valence-electron chi connectivity index (χ4n) is 4.93. The molecule has 2 heterocycles. The van der Waals surface area contributed by atoms with Crippen molar-refractivity contribution in [1.82, 2.24) is 14.3 Å². The lowest BCUT2D eigenvalue weighted by Crippen LogP contribution is -2.54. The van der Waals surface area contributed by atoms with Gasteiger partial charge in [-0.25, -0.2) is 17.6 Å². The lowest BCUT2D eigenvalue weighted by molar-refractivity contribution is -0.118. The first-order valence-corrected chi connectivity index (χ1v) is 13.9. The number of piperidine rings is 1. The molecule has 2 fully saturated rings. The topological polar surface area (TPSA) is 116 Å². The molecule has 0 aliphatic carbocycles. The van der Waals surface area contributed by atoms with Gasteiger partial charge in [0.25, 0.3) is 0 Å². The molecule has 4 rings (SSSR count). The molecule has 0 saturated carbocycles. The van der Waals surface area contributed by atoms with E-state index in [1.807, 2.05) is 11.0 Å². The largest absolute Gasteiger partial charge is 0.756 e. The number of halogens is 1. The van der Waals surface area contributed by atoms with Crippen LogP contribution in [0.4, 0.5) is 20.6 Å². The van der Waals surface area contributed by atoms with Crippen LogP contribution in [0.5, 0.6) is 0 Å². The minimum absolute atomic E-state index is 0.107. The molecule has 3 amide bonds. The number of para-hydroxylation sites is 1. The molecule has 2 aliphatic heterocycles. The van der Waals surface area contributed by atoms with E-state index in [1.54, 1.807) is 41.3 Å². The number of piperazine rings is 1. The molecule has 2 atom stereocenters. The number of nitrogens with zero attached hydrogens (tertiary/aromatic N) is 4. The maximum Gasteiger partial charge on any atom is 0.321 e. The fraction of sp³-hybridized carbons (Fsp3) is 0.440. The average molecular weight is 533 g/mol. The number of rotatable bonds is 8. The molecule has 0 aromatic heterocycles. The second kappa shape index (κ2) is 11.9. The molecule has 2 aromatic rings. The van der Waals surface area contributed by atoms with Crippen molar-refractivity contribution in [2.75, 3.05) is 55.2 Å². The van der Waals surface area contributed by atoms with Crippen molar-refractivity contribution in [2.45, 2.75) is 18.9 Å². The number of urea groups is 1. The highest BCUT2D eigenvalue weighted by Crippen LogP contribution is 2.26. The highest BCUT2D eigenvalue weighted by Gasteiger charge is 2.36. The summed E-state index contributed by atoms with van der Waals surface area (Å²) in [7, 11) is -3.86. The lowest BCUT2D eigenvalue weighted by atomic mass is 9.91. The van der Waals surface area contributed by atoms with Crippen LogP contribution in [0, 0.1) is 16.9 Å². The van der Waals surface area contributed by atoms with Crippen molar-refractivity contribution in [2.24, 2.45) is 5.92 Å². The smallest absolute Gasteiger partial charge is 0.321 e. The number of hydrogen-bond acceptors (Lipinski definition) is 6. The number of hydroxylamine groups is 2. The lowest BCUT2D eigenvalue weighted by Gasteiger charge is -2.44. The summed E-state index contributed by atoms with van der Waals surface area (Å²) in [6, 6.07) is 13.5. The minimum Gasteiger partial charge on any atom is -0.756 e. The SMILES string of the molecule is O=CN([O-])C(CS(=O)(=O)N1CCN(c2ccc(F)cc2)CC1)C1CCCN(C(=O)Nc2ccccc2)C1. The summed E-state index contributed by atoms with van der Waals surface area (Å²) < 4.78 is 41.1. The number of hydrogen-bond donors (Lipinski definition) is 1. The summed E-state index contributed by atoms with van der Waals surface area (Å²) in [5.74, 6) is -1.33. The predicted octanol–water partition coefficient (Wildman–Crippen LogP) is 2.55. The Labute approximate surface area is 216 Å². The van der Waals surface area contributed by atoms with Crippen molar-refractivity contribution in [3.63, 3.8) is 0 Å². The van der Waals surface area contributed by atoms with Crippen molar-refractivity contribution < 1.29 is 22.4 Å². The van der Waals surface area contributed by atoms with Gasteiger partial charge in [0.1, 0.15) is 5.82 Å². The van der Waals surface area contributed by atoms with E-state index in [9.17, 15) is 27.6 Å². The van der Waals surface area contributed by atoms with E-state index in [0.29, 0.717) is 38.2 Å². The Morgan fingerprint density at radius 1 is 1.08 bits per heavy atom. The molecule has 37 heavy (non-hydrogen) atoms. The normalized spacial score (nSPS) is 19.8.